The molecule has 110 valence electrons. The maximum Gasteiger partial charge on any atom is 0.222 e. The van der Waals surface area contributed by atoms with Gasteiger partial charge >= 0.3 is 0 Å². The Morgan fingerprint density at radius 1 is 1.40 bits per heavy atom. The third-order valence-corrected chi connectivity index (χ3v) is 4.23. The van der Waals surface area contributed by atoms with Crippen molar-refractivity contribution in [2.45, 2.75) is 45.1 Å². The van der Waals surface area contributed by atoms with E-state index in [4.69, 9.17) is 5.73 Å². The van der Waals surface area contributed by atoms with Gasteiger partial charge in [-0.2, -0.15) is 0 Å². The number of carbonyl (C=O) groups excluding carboxylic acids is 1. The van der Waals surface area contributed by atoms with E-state index in [-0.39, 0.29) is 11.9 Å². The molecule has 1 heterocycles. The van der Waals surface area contributed by atoms with Crippen LogP contribution in [-0.4, -0.2) is 23.9 Å². The van der Waals surface area contributed by atoms with Crippen molar-refractivity contribution in [1.29, 1.82) is 0 Å². The second kappa shape index (κ2) is 7.44. The van der Waals surface area contributed by atoms with Crippen molar-refractivity contribution in [3.8, 4) is 0 Å². The van der Waals surface area contributed by atoms with Crippen LogP contribution in [0.4, 0.5) is 0 Å². The van der Waals surface area contributed by atoms with Crippen LogP contribution in [-0.2, 0) is 4.79 Å². The minimum Gasteiger partial charge on any atom is -0.342 e. The molecule has 2 unspecified atom stereocenters. The second-order valence-electron chi connectivity index (χ2n) is 5.84. The lowest BCUT2D eigenvalue weighted by Gasteiger charge is -2.18. The fraction of sp³-hybridized carbons (Fsp3) is 0.588. The number of nitrogens with two attached hydrogens (primary N) is 1. The maximum atomic E-state index is 12.2. The van der Waals surface area contributed by atoms with Crippen molar-refractivity contribution in [3.05, 3.63) is 35.9 Å². The molecular formula is C17H26N2O. The van der Waals surface area contributed by atoms with E-state index in [9.17, 15) is 4.79 Å². The van der Waals surface area contributed by atoms with Crippen molar-refractivity contribution in [2.24, 2.45) is 11.7 Å². The van der Waals surface area contributed by atoms with Crippen LogP contribution in [0.2, 0.25) is 0 Å². The fourth-order valence-corrected chi connectivity index (χ4v) is 3.01. The van der Waals surface area contributed by atoms with Crippen LogP contribution in [0.25, 0.3) is 0 Å². The van der Waals surface area contributed by atoms with E-state index >= 15 is 0 Å². The Hall–Kier alpha value is -1.35. The average Bonchev–Trinajstić information content (AvgIpc) is 2.94. The van der Waals surface area contributed by atoms with Crippen LogP contribution in [0.15, 0.2) is 30.3 Å². The van der Waals surface area contributed by atoms with Gasteiger partial charge < -0.3 is 10.6 Å². The first kappa shape index (κ1) is 15.0. The first-order valence-corrected chi connectivity index (χ1v) is 7.79. The zero-order valence-corrected chi connectivity index (χ0v) is 12.4. The molecule has 1 aliphatic rings. The van der Waals surface area contributed by atoms with Crippen molar-refractivity contribution < 1.29 is 4.79 Å². The molecule has 0 radical (unpaired) electrons. The third-order valence-electron chi connectivity index (χ3n) is 4.23. The smallest absolute Gasteiger partial charge is 0.222 e. The molecule has 2 N–H and O–H groups in total. The van der Waals surface area contributed by atoms with E-state index in [1.54, 1.807) is 0 Å². The molecule has 3 heteroatoms. The lowest BCUT2D eigenvalue weighted by molar-refractivity contribution is -0.130. The van der Waals surface area contributed by atoms with Gasteiger partial charge in [0.05, 0.1) is 0 Å². The SMILES string of the molecule is CCCC1CCN(C(=O)CCC(N)c2ccccc2)C1. The molecule has 1 fully saturated rings. The van der Waals surface area contributed by atoms with Gasteiger partial charge in [0.25, 0.3) is 0 Å². The van der Waals surface area contributed by atoms with Gasteiger partial charge in [-0.15, -0.1) is 0 Å². The molecule has 1 saturated heterocycles. The van der Waals surface area contributed by atoms with Gasteiger partial charge in [-0.3, -0.25) is 4.79 Å². The van der Waals surface area contributed by atoms with Crippen molar-refractivity contribution >= 4 is 5.91 Å². The molecule has 0 aromatic heterocycles. The summed E-state index contributed by atoms with van der Waals surface area (Å²) < 4.78 is 0. The topological polar surface area (TPSA) is 46.3 Å². The summed E-state index contributed by atoms with van der Waals surface area (Å²) in [6, 6.07) is 10.00. The van der Waals surface area contributed by atoms with Crippen molar-refractivity contribution in [2.75, 3.05) is 13.1 Å². The number of carbonyl (C=O) groups is 1. The molecular weight excluding hydrogens is 248 g/mol. The van der Waals surface area contributed by atoms with E-state index in [0.29, 0.717) is 12.3 Å². The van der Waals surface area contributed by atoms with E-state index < -0.39 is 0 Å². The Morgan fingerprint density at radius 2 is 2.15 bits per heavy atom. The normalized spacial score (nSPS) is 20.1. The summed E-state index contributed by atoms with van der Waals surface area (Å²) >= 11 is 0. The van der Waals surface area contributed by atoms with Crippen LogP contribution in [0.1, 0.15) is 50.6 Å². The molecule has 1 aromatic rings. The Bertz CT molecular complexity index is 418. The molecule has 0 aliphatic carbocycles. The van der Waals surface area contributed by atoms with Gasteiger partial charge in [0.1, 0.15) is 0 Å². The predicted octanol–water partition coefficient (Wildman–Crippen LogP) is 3.12. The quantitative estimate of drug-likeness (QED) is 0.866. The highest BCUT2D eigenvalue weighted by atomic mass is 16.2. The summed E-state index contributed by atoms with van der Waals surface area (Å²) in [5.74, 6) is 0.988. The van der Waals surface area contributed by atoms with Gasteiger partial charge in [-0.05, 0) is 30.7 Å². The van der Waals surface area contributed by atoms with E-state index in [0.717, 1.165) is 25.1 Å². The number of rotatable bonds is 6. The van der Waals surface area contributed by atoms with Gasteiger partial charge in [-0.25, -0.2) is 0 Å². The zero-order chi connectivity index (χ0) is 14.4. The van der Waals surface area contributed by atoms with Crippen molar-refractivity contribution in [1.82, 2.24) is 4.90 Å². The highest BCUT2D eigenvalue weighted by Gasteiger charge is 2.25. The summed E-state index contributed by atoms with van der Waals surface area (Å²) in [7, 11) is 0. The third kappa shape index (κ3) is 4.07. The Balaban J connectivity index is 1.75. The first-order valence-electron chi connectivity index (χ1n) is 7.79. The highest BCUT2D eigenvalue weighted by molar-refractivity contribution is 5.76. The molecule has 2 rings (SSSR count). The first-order chi connectivity index (χ1) is 9.70. The highest BCUT2D eigenvalue weighted by Crippen LogP contribution is 2.23. The molecule has 1 aromatic carbocycles. The molecule has 2 atom stereocenters. The van der Waals surface area contributed by atoms with Gasteiger partial charge in [0.2, 0.25) is 5.91 Å². The summed E-state index contributed by atoms with van der Waals surface area (Å²) in [5, 5.41) is 0. The monoisotopic (exact) mass is 274 g/mol. The molecule has 0 saturated carbocycles. The summed E-state index contributed by atoms with van der Waals surface area (Å²) in [5.41, 5.74) is 7.26. The van der Waals surface area contributed by atoms with Crippen LogP contribution in [0.3, 0.4) is 0 Å². The molecule has 1 amide bonds. The lowest BCUT2D eigenvalue weighted by Crippen LogP contribution is -2.29. The van der Waals surface area contributed by atoms with Crippen molar-refractivity contribution in [3.63, 3.8) is 0 Å². The molecule has 0 bridgehead atoms. The number of nitrogens with zero attached hydrogens (tertiary/aromatic N) is 1. The van der Waals surface area contributed by atoms with Gasteiger partial charge in [0.15, 0.2) is 0 Å². The van der Waals surface area contributed by atoms with Crippen LogP contribution in [0, 0.1) is 5.92 Å². The van der Waals surface area contributed by atoms with E-state index in [2.05, 4.69) is 6.92 Å². The second-order valence-corrected chi connectivity index (χ2v) is 5.84. The maximum absolute atomic E-state index is 12.2. The number of benzene rings is 1. The molecule has 20 heavy (non-hydrogen) atoms. The van der Waals surface area contributed by atoms with Gasteiger partial charge in [-0.1, -0.05) is 43.7 Å². The predicted molar refractivity (Wildman–Crippen MR) is 82.2 cm³/mol. The molecule has 0 spiro atoms. The summed E-state index contributed by atoms with van der Waals surface area (Å²) in [6.45, 7) is 4.10. The van der Waals surface area contributed by atoms with E-state index in [1.807, 2.05) is 35.2 Å². The van der Waals surface area contributed by atoms with Crippen LogP contribution >= 0.6 is 0 Å². The minimum atomic E-state index is -0.0332. The average molecular weight is 274 g/mol. The fourth-order valence-electron chi connectivity index (χ4n) is 3.01. The number of likely N-dealkylation sites (tertiary alicyclic amines) is 1. The van der Waals surface area contributed by atoms with E-state index in [1.165, 1.54) is 19.3 Å². The Morgan fingerprint density at radius 3 is 2.85 bits per heavy atom. The summed E-state index contributed by atoms with van der Waals surface area (Å²) in [4.78, 5) is 14.2. The lowest BCUT2D eigenvalue weighted by atomic mass is 10.0. The number of hydrogen-bond acceptors (Lipinski definition) is 2. The standard InChI is InChI=1S/C17H26N2O/c1-2-6-14-11-12-19(13-14)17(20)10-9-16(18)15-7-4-3-5-8-15/h3-5,7-8,14,16H,2,6,9-13,18H2,1H3. The zero-order valence-electron chi connectivity index (χ0n) is 12.4. The largest absolute Gasteiger partial charge is 0.342 e. The Labute approximate surface area is 122 Å². The minimum absolute atomic E-state index is 0.0332. The summed E-state index contributed by atoms with van der Waals surface area (Å²) in [6.07, 6.45) is 4.93. The Kier molecular flexibility index (Phi) is 5.60. The van der Waals surface area contributed by atoms with Crippen LogP contribution < -0.4 is 5.73 Å². The molecule has 3 nitrogen and oxygen atoms in total. The van der Waals surface area contributed by atoms with Gasteiger partial charge in [0, 0.05) is 25.6 Å². The molecule has 1 aliphatic heterocycles. The van der Waals surface area contributed by atoms with Crippen LogP contribution in [0.5, 0.6) is 0 Å². The number of hydrogen-bond donors (Lipinski definition) is 1. The number of amides is 1.